The number of aromatic amines is 1. The molecule has 0 saturated heterocycles. The van der Waals surface area contributed by atoms with Crippen LogP contribution in [0.1, 0.15) is 39.2 Å². The van der Waals surface area contributed by atoms with Crippen LogP contribution in [0.25, 0.3) is 6.08 Å². The van der Waals surface area contributed by atoms with Gasteiger partial charge in [-0.2, -0.15) is 0 Å². The van der Waals surface area contributed by atoms with E-state index < -0.39 is 17.2 Å². The zero-order valence-electron chi connectivity index (χ0n) is 16.9. The van der Waals surface area contributed by atoms with E-state index in [-0.39, 0.29) is 24.0 Å². The van der Waals surface area contributed by atoms with E-state index in [1.165, 1.54) is 15.5 Å². The molecule has 1 heterocycles. The summed E-state index contributed by atoms with van der Waals surface area (Å²) in [5.41, 5.74) is 5.73. The average molecular weight is 419 g/mol. The molecule has 0 radical (unpaired) electrons. The van der Waals surface area contributed by atoms with Gasteiger partial charge in [0.15, 0.2) is 5.69 Å². The first kappa shape index (κ1) is 22.5. The Bertz CT molecular complexity index is 990. The number of hydrogen-bond acceptors (Lipinski definition) is 4. The summed E-state index contributed by atoms with van der Waals surface area (Å²) in [6, 6.07) is 7.02. The van der Waals surface area contributed by atoms with Gasteiger partial charge in [-0.1, -0.05) is 50.9 Å². The Labute approximate surface area is 174 Å². The van der Waals surface area contributed by atoms with Gasteiger partial charge in [-0.05, 0) is 36.1 Å². The molecule has 0 aliphatic carbocycles. The third-order valence-electron chi connectivity index (χ3n) is 4.32. The topological polar surface area (TPSA) is 101 Å². The van der Waals surface area contributed by atoms with Crippen molar-refractivity contribution in [3.63, 3.8) is 0 Å². The number of nitrogens with one attached hydrogen (secondary N) is 1. The van der Waals surface area contributed by atoms with Crippen molar-refractivity contribution in [1.82, 2.24) is 9.55 Å². The highest BCUT2D eigenvalue weighted by Crippen LogP contribution is 2.20. The molecule has 29 heavy (non-hydrogen) atoms. The van der Waals surface area contributed by atoms with E-state index in [9.17, 15) is 14.4 Å². The van der Waals surface area contributed by atoms with Crippen molar-refractivity contribution < 1.29 is 4.79 Å². The largest absolute Gasteiger partial charge is 0.383 e. The van der Waals surface area contributed by atoms with Gasteiger partial charge in [-0.3, -0.25) is 19.1 Å². The molecule has 0 saturated carbocycles. The van der Waals surface area contributed by atoms with Crippen LogP contribution in [0.5, 0.6) is 0 Å². The number of halogens is 1. The predicted octanol–water partition coefficient (Wildman–Crippen LogP) is 3.27. The number of carbonyl (C=O) groups excluding carboxylic acids is 1. The number of H-pyrrole nitrogens is 1. The first-order chi connectivity index (χ1) is 13.7. The number of unbranched alkanes of at least 4 members (excludes halogenated alkanes) is 1. The molecule has 0 fully saturated rings. The monoisotopic (exact) mass is 418 g/mol. The standard InChI is InChI=1S/C21H27ClN4O3/c1-4-5-12-25-19(23)18(20(28)24-21(25)29)26(13-14(2)3)17(27)11-8-15-6-9-16(22)10-7-15/h6-11,14H,4-5,12-13,23H2,1-3H3,(H,24,28,29). The van der Waals surface area contributed by atoms with Gasteiger partial charge in [0.1, 0.15) is 5.82 Å². The lowest BCUT2D eigenvalue weighted by Crippen LogP contribution is -2.42. The molecule has 156 valence electrons. The van der Waals surface area contributed by atoms with Crippen molar-refractivity contribution in [2.24, 2.45) is 5.92 Å². The van der Waals surface area contributed by atoms with E-state index in [4.69, 9.17) is 17.3 Å². The predicted molar refractivity (Wildman–Crippen MR) is 118 cm³/mol. The van der Waals surface area contributed by atoms with Crippen LogP contribution in [0.3, 0.4) is 0 Å². The molecular weight excluding hydrogens is 392 g/mol. The van der Waals surface area contributed by atoms with Crippen molar-refractivity contribution >= 4 is 35.1 Å². The zero-order valence-corrected chi connectivity index (χ0v) is 17.7. The number of nitrogens with zero attached hydrogens (tertiary/aromatic N) is 2. The minimum Gasteiger partial charge on any atom is -0.383 e. The first-order valence-corrected chi connectivity index (χ1v) is 10.00. The summed E-state index contributed by atoms with van der Waals surface area (Å²) in [6.45, 7) is 6.50. The van der Waals surface area contributed by atoms with E-state index in [0.717, 1.165) is 18.4 Å². The summed E-state index contributed by atoms with van der Waals surface area (Å²) in [6.07, 6.45) is 4.61. The van der Waals surface area contributed by atoms with E-state index in [0.29, 0.717) is 11.6 Å². The van der Waals surface area contributed by atoms with E-state index in [1.807, 2.05) is 20.8 Å². The maximum Gasteiger partial charge on any atom is 0.330 e. The van der Waals surface area contributed by atoms with Crippen LogP contribution in [-0.4, -0.2) is 22.0 Å². The smallest absolute Gasteiger partial charge is 0.330 e. The number of nitrogen functional groups attached to an aromatic ring is 1. The molecule has 7 nitrogen and oxygen atoms in total. The summed E-state index contributed by atoms with van der Waals surface area (Å²) in [5, 5.41) is 0.601. The highest BCUT2D eigenvalue weighted by molar-refractivity contribution is 6.30. The normalized spacial score (nSPS) is 11.3. The third kappa shape index (κ3) is 5.84. The molecule has 0 atom stereocenters. The fourth-order valence-electron chi connectivity index (χ4n) is 2.86. The number of carbonyl (C=O) groups is 1. The molecular formula is C21H27ClN4O3. The Morgan fingerprint density at radius 2 is 1.93 bits per heavy atom. The maximum absolute atomic E-state index is 13.0. The maximum atomic E-state index is 13.0. The van der Waals surface area contributed by atoms with Gasteiger partial charge in [0.2, 0.25) is 0 Å². The highest BCUT2D eigenvalue weighted by atomic mass is 35.5. The van der Waals surface area contributed by atoms with Gasteiger partial charge in [0, 0.05) is 24.2 Å². The van der Waals surface area contributed by atoms with E-state index >= 15 is 0 Å². The number of nitrogens with two attached hydrogens (primary N) is 1. The molecule has 0 aliphatic heterocycles. The summed E-state index contributed by atoms with van der Waals surface area (Å²) in [4.78, 5) is 41.3. The first-order valence-electron chi connectivity index (χ1n) is 9.62. The molecule has 0 bridgehead atoms. The molecule has 3 N–H and O–H groups in total. The summed E-state index contributed by atoms with van der Waals surface area (Å²) in [7, 11) is 0. The summed E-state index contributed by atoms with van der Waals surface area (Å²) < 4.78 is 1.31. The summed E-state index contributed by atoms with van der Waals surface area (Å²) >= 11 is 5.88. The van der Waals surface area contributed by atoms with Crippen molar-refractivity contribution in [3.05, 3.63) is 61.8 Å². The van der Waals surface area contributed by atoms with Crippen LogP contribution in [0, 0.1) is 5.92 Å². The zero-order chi connectivity index (χ0) is 21.6. The second-order valence-electron chi connectivity index (χ2n) is 7.23. The summed E-state index contributed by atoms with van der Waals surface area (Å²) in [5.74, 6) is -0.315. The molecule has 0 aliphatic rings. The minimum absolute atomic E-state index is 0.000147. The highest BCUT2D eigenvalue weighted by Gasteiger charge is 2.23. The van der Waals surface area contributed by atoms with Crippen LogP contribution in [0.15, 0.2) is 39.9 Å². The molecule has 2 rings (SSSR count). The van der Waals surface area contributed by atoms with E-state index in [1.54, 1.807) is 30.3 Å². The van der Waals surface area contributed by atoms with Crippen LogP contribution < -0.4 is 21.9 Å². The number of rotatable bonds is 8. The van der Waals surface area contributed by atoms with Gasteiger partial charge >= 0.3 is 5.69 Å². The van der Waals surface area contributed by atoms with Gasteiger partial charge in [-0.25, -0.2) is 4.79 Å². The third-order valence-corrected chi connectivity index (χ3v) is 4.57. The Morgan fingerprint density at radius 1 is 1.28 bits per heavy atom. The quantitative estimate of drug-likeness (QED) is 0.642. The van der Waals surface area contributed by atoms with Crippen molar-refractivity contribution in [2.45, 2.75) is 40.2 Å². The van der Waals surface area contributed by atoms with Crippen LogP contribution in [0.4, 0.5) is 11.5 Å². The fourth-order valence-corrected chi connectivity index (χ4v) is 2.99. The lowest BCUT2D eigenvalue weighted by atomic mass is 10.1. The lowest BCUT2D eigenvalue weighted by molar-refractivity contribution is -0.114. The number of amides is 1. The van der Waals surface area contributed by atoms with Gasteiger partial charge in [-0.15, -0.1) is 0 Å². The van der Waals surface area contributed by atoms with Crippen molar-refractivity contribution in [3.8, 4) is 0 Å². The van der Waals surface area contributed by atoms with E-state index in [2.05, 4.69) is 4.98 Å². The Morgan fingerprint density at radius 3 is 2.52 bits per heavy atom. The average Bonchev–Trinajstić information content (AvgIpc) is 2.66. The van der Waals surface area contributed by atoms with Crippen LogP contribution >= 0.6 is 11.6 Å². The minimum atomic E-state index is -0.672. The molecule has 8 heteroatoms. The molecule has 0 spiro atoms. The Hall–Kier alpha value is -2.80. The lowest BCUT2D eigenvalue weighted by Gasteiger charge is -2.25. The fraction of sp³-hybridized carbons (Fsp3) is 0.381. The number of anilines is 2. The Kier molecular flexibility index (Phi) is 7.84. The number of benzene rings is 1. The SMILES string of the molecule is CCCCn1c(N)c(N(CC(C)C)C(=O)C=Cc2ccc(Cl)cc2)c(=O)[nH]c1=O. The molecule has 0 unspecified atom stereocenters. The molecule has 2 aromatic rings. The number of hydrogen-bond donors (Lipinski definition) is 2. The molecule has 1 aromatic carbocycles. The van der Waals surface area contributed by atoms with Gasteiger partial charge in [0.05, 0.1) is 0 Å². The number of aromatic nitrogens is 2. The Balaban J connectivity index is 2.46. The molecule has 1 aromatic heterocycles. The van der Waals surface area contributed by atoms with Crippen LogP contribution in [0.2, 0.25) is 5.02 Å². The second kappa shape index (κ2) is 10.1. The molecule has 1 amide bonds. The van der Waals surface area contributed by atoms with Crippen molar-refractivity contribution in [1.29, 1.82) is 0 Å². The van der Waals surface area contributed by atoms with Gasteiger partial charge in [0.25, 0.3) is 11.5 Å². The second-order valence-corrected chi connectivity index (χ2v) is 7.66. The van der Waals surface area contributed by atoms with Crippen molar-refractivity contribution in [2.75, 3.05) is 17.2 Å². The van der Waals surface area contributed by atoms with Crippen LogP contribution in [-0.2, 0) is 11.3 Å². The van der Waals surface area contributed by atoms with Gasteiger partial charge < -0.3 is 10.6 Å².